The summed E-state index contributed by atoms with van der Waals surface area (Å²) in [6.07, 6.45) is 2.34. The van der Waals surface area contributed by atoms with Gasteiger partial charge in [-0.25, -0.2) is 8.42 Å². The Morgan fingerprint density at radius 3 is 2.47 bits per heavy atom. The van der Waals surface area contributed by atoms with Crippen LogP contribution < -0.4 is 5.32 Å². The molecule has 0 heterocycles. The first-order valence-corrected chi connectivity index (χ1v) is 8.24. The molecule has 19 heavy (non-hydrogen) atoms. The molecule has 2 atom stereocenters. The Balaban J connectivity index is 2.23. The van der Waals surface area contributed by atoms with E-state index in [0.717, 1.165) is 6.42 Å². The lowest BCUT2D eigenvalue weighted by Crippen LogP contribution is -2.57. The first-order chi connectivity index (χ1) is 8.76. The summed E-state index contributed by atoms with van der Waals surface area (Å²) < 4.78 is 28.9. The average Bonchev–Trinajstić information content (AvgIpc) is 2.33. The van der Waals surface area contributed by atoms with Crippen LogP contribution in [0, 0.1) is 5.41 Å². The minimum atomic E-state index is -3.21. The van der Waals surface area contributed by atoms with Gasteiger partial charge in [-0.1, -0.05) is 26.0 Å². The van der Waals surface area contributed by atoms with Crippen molar-refractivity contribution in [1.82, 2.24) is 0 Å². The molecule has 1 N–H and O–H groups in total. The third-order valence-electron chi connectivity index (χ3n) is 4.08. The van der Waals surface area contributed by atoms with Gasteiger partial charge in [-0.15, -0.1) is 0 Å². The van der Waals surface area contributed by atoms with Gasteiger partial charge in [0.1, 0.15) is 0 Å². The van der Waals surface area contributed by atoms with E-state index in [1.807, 2.05) is 12.1 Å². The number of hydrogen-bond donors (Lipinski definition) is 1. The molecule has 1 saturated carbocycles. The summed E-state index contributed by atoms with van der Waals surface area (Å²) in [5.41, 5.74) is 0.678. The van der Waals surface area contributed by atoms with E-state index in [2.05, 4.69) is 19.2 Å². The third-order valence-corrected chi connectivity index (χ3v) is 5.23. The second-order valence-corrected chi connectivity index (χ2v) is 7.73. The van der Waals surface area contributed by atoms with Crippen molar-refractivity contribution >= 4 is 15.5 Å². The van der Waals surface area contributed by atoms with Gasteiger partial charge in [-0.05, 0) is 18.6 Å². The van der Waals surface area contributed by atoms with E-state index in [1.165, 1.54) is 6.26 Å². The standard InChI is InChI=1S/C14H21NO3S/c1-14(2)12(9-13(14)18-3)15-10-7-5-6-8-11(10)19(4,16)17/h5-8,12-13,15H,9H2,1-4H3. The lowest BCUT2D eigenvalue weighted by atomic mass is 9.64. The lowest BCUT2D eigenvalue weighted by Gasteiger charge is -2.51. The van der Waals surface area contributed by atoms with Crippen LogP contribution in [0.15, 0.2) is 29.2 Å². The minimum Gasteiger partial charge on any atom is -0.381 e. The molecule has 106 valence electrons. The maximum atomic E-state index is 11.8. The number of anilines is 1. The third kappa shape index (κ3) is 2.62. The van der Waals surface area contributed by atoms with Gasteiger partial charge in [-0.2, -0.15) is 0 Å². The number of sulfone groups is 1. The first kappa shape index (κ1) is 14.3. The maximum Gasteiger partial charge on any atom is 0.177 e. The Morgan fingerprint density at radius 1 is 1.32 bits per heavy atom. The SMILES string of the molecule is COC1CC(Nc2ccccc2S(C)(=O)=O)C1(C)C. The summed E-state index contributed by atoms with van der Waals surface area (Å²) in [5.74, 6) is 0. The van der Waals surface area contributed by atoms with E-state index in [1.54, 1.807) is 19.2 Å². The molecule has 0 radical (unpaired) electrons. The lowest BCUT2D eigenvalue weighted by molar-refractivity contribution is -0.0795. The number of para-hydroxylation sites is 1. The molecular formula is C14H21NO3S. The Labute approximate surface area is 115 Å². The first-order valence-electron chi connectivity index (χ1n) is 6.35. The molecule has 5 heteroatoms. The topological polar surface area (TPSA) is 55.4 Å². The number of benzene rings is 1. The molecule has 0 aromatic heterocycles. The molecule has 1 aromatic carbocycles. The number of ether oxygens (including phenoxy) is 1. The van der Waals surface area contributed by atoms with Gasteiger partial charge in [0.15, 0.2) is 9.84 Å². The van der Waals surface area contributed by atoms with Crippen molar-refractivity contribution in [3.05, 3.63) is 24.3 Å². The van der Waals surface area contributed by atoms with Gasteiger partial charge in [0.05, 0.1) is 16.7 Å². The fourth-order valence-electron chi connectivity index (χ4n) is 2.63. The van der Waals surface area contributed by atoms with Crippen molar-refractivity contribution in [1.29, 1.82) is 0 Å². The monoisotopic (exact) mass is 283 g/mol. The Bertz CT molecular complexity index is 566. The molecule has 0 bridgehead atoms. The Kier molecular flexibility index (Phi) is 3.62. The zero-order valence-electron chi connectivity index (χ0n) is 11.8. The Hall–Kier alpha value is -1.07. The second kappa shape index (κ2) is 4.80. The number of nitrogens with one attached hydrogen (secondary N) is 1. The van der Waals surface area contributed by atoms with Crippen molar-refractivity contribution in [2.75, 3.05) is 18.7 Å². The molecule has 0 amide bonds. The van der Waals surface area contributed by atoms with Crippen molar-refractivity contribution in [3.8, 4) is 0 Å². The Morgan fingerprint density at radius 2 is 1.95 bits per heavy atom. The zero-order valence-corrected chi connectivity index (χ0v) is 12.6. The van der Waals surface area contributed by atoms with E-state index in [9.17, 15) is 8.42 Å². The fraction of sp³-hybridized carbons (Fsp3) is 0.571. The maximum absolute atomic E-state index is 11.8. The van der Waals surface area contributed by atoms with Gasteiger partial charge in [-0.3, -0.25) is 0 Å². The molecule has 1 aliphatic rings. The van der Waals surface area contributed by atoms with Crippen LogP contribution in [0.5, 0.6) is 0 Å². The largest absolute Gasteiger partial charge is 0.381 e. The van der Waals surface area contributed by atoms with Crippen molar-refractivity contribution in [2.45, 2.75) is 37.3 Å². The quantitative estimate of drug-likeness (QED) is 0.921. The molecule has 0 saturated heterocycles. The molecule has 0 spiro atoms. The summed E-state index contributed by atoms with van der Waals surface area (Å²) in [5, 5.41) is 3.35. The van der Waals surface area contributed by atoms with Gasteiger partial charge >= 0.3 is 0 Å². The van der Waals surface area contributed by atoms with Crippen LogP contribution in [0.3, 0.4) is 0 Å². The van der Waals surface area contributed by atoms with Crippen molar-refractivity contribution in [3.63, 3.8) is 0 Å². The predicted molar refractivity (Wildman–Crippen MR) is 76.2 cm³/mol. The molecule has 0 aliphatic heterocycles. The molecule has 2 unspecified atom stereocenters. The molecular weight excluding hydrogens is 262 g/mol. The van der Waals surface area contributed by atoms with E-state index in [4.69, 9.17) is 4.74 Å². The van der Waals surface area contributed by atoms with Crippen LogP contribution in [0.4, 0.5) is 5.69 Å². The van der Waals surface area contributed by atoms with Gasteiger partial charge in [0, 0.05) is 24.8 Å². The number of hydrogen-bond acceptors (Lipinski definition) is 4. The molecule has 1 aromatic rings. The van der Waals surface area contributed by atoms with Crippen LogP contribution in [0.25, 0.3) is 0 Å². The van der Waals surface area contributed by atoms with Crippen LogP contribution in [-0.2, 0) is 14.6 Å². The number of methoxy groups -OCH3 is 1. The highest BCUT2D eigenvalue weighted by molar-refractivity contribution is 7.90. The van der Waals surface area contributed by atoms with Crippen LogP contribution in [-0.4, -0.2) is 33.9 Å². The predicted octanol–water partition coefficient (Wildman–Crippen LogP) is 2.32. The van der Waals surface area contributed by atoms with Crippen LogP contribution >= 0.6 is 0 Å². The van der Waals surface area contributed by atoms with Gasteiger partial charge < -0.3 is 10.1 Å². The fourth-order valence-corrected chi connectivity index (χ4v) is 3.48. The summed E-state index contributed by atoms with van der Waals surface area (Å²) in [7, 11) is -1.50. The summed E-state index contributed by atoms with van der Waals surface area (Å²) >= 11 is 0. The van der Waals surface area contributed by atoms with E-state index < -0.39 is 9.84 Å². The molecule has 4 nitrogen and oxygen atoms in total. The smallest absolute Gasteiger partial charge is 0.177 e. The summed E-state index contributed by atoms with van der Waals surface area (Å²) in [4.78, 5) is 0.353. The van der Waals surface area contributed by atoms with E-state index in [0.29, 0.717) is 10.6 Å². The molecule has 1 aliphatic carbocycles. The van der Waals surface area contributed by atoms with E-state index >= 15 is 0 Å². The summed E-state index contributed by atoms with van der Waals surface area (Å²) in [6.45, 7) is 4.26. The summed E-state index contributed by atoms with van der Waals surface area (Å²) in [6, 6.07) is 7.26. The zero-order chi connectivity index (χ0) is 14.3. The normalized spacial score (nSPS) is 25.7. The second-order valence-electron chi connectivity index (χ2n) is 5.75. The van der Waals surface area contributed by atoms with E-state index in [-0.39, 0.29) is 17.6 Å². The van der Waals surface area contributed by atoms with Gasteiger partial charge in [0.25, 0.3) is 0 Å². The minimum absolute atomic E-state index is 0.000630. The highest BCUT2D eigenvalue weighted by Crippen LogP contribution is 2.44. The van der Waals surface area contributed by atoms with Crippen LogP contribution in [0.2, 0.25) is 0 Å². The molecule has 2 rings (SSSR count). The average molecular weight is 283 g/mol. The van der Waals surface area contributed by atoms with Crippen molar-refractivity contribution in [2.24, 2.45) is 5.41 Å². The highest BCUT2D eigenvalue weighted by Gasteiger charge is 2.48. The van der Waals surface area contributed by atoms with Crippen molar-refractivity contribution < 1.29 is 13.2 Å². The highest BCUT2D eigenvalue weighted by atomic mass is 32.2. The number of rotatable bonds is 4. The molecule has 1 fully saturated rings. The van der Waals surface area contributed by atoms with Gasteiger partial charge in [0.2, 0.25) is 0 Å². The van der Waals surface area contributed by atoms with Crippen LogP contribution in [0.1, 0.15) is 20.3 Å².